The summed E-state index contributed by atoms with van der Waals surface area (Å²) in [4.78, 5) is 11.7. The smallest absolute Gasteiger partial charge is 0.241 e. The van der Waals surface area contributed by atoms with Gasteiger partial charge in [-0.1, -0.05) is 15.9 Å². The lowest BCUT2D eigenvalue weighted by molar-refractivity contribution is -0.117. The van der Waals surface area contributed by atoms with Crippen molar-refractivity contribution in [2.75, 3.05) is 17.3 Å². The molecule has 0 aromatic heterocycles. The van der Waals surface area contributed by atoms with E-state index in [1.54, 1.807) is 17.8 Å². The summed E-state index contributed by atoms with van der Waals surface area (Å²) in [5.41, 5.74) is 5.82. The second-order valence-electron chi connectivity index (χ2n) is 3.50. The number of hydrogen-bond acceptors (Lipinski definition) is 3. The van der Waals surface area contributed by atoms with Gasteiger partial charge in [0.15, 0.2) is 0 Å². The molecular weight excluding hydrogens is 307 g/mol. The van der Waals surface area contributed by atoms with Gasteiger partial charge in [-0.05, 0) is 36.6 Å². The number of thioether (sulfide) groups is 1. The molecule has 0 aliphatic carbocycles. The van der Waals surface area contributed by atoms with Crippen LogP contribution in [0.2, 0.25) is 0 Å². The maximum Gasteiger partial charge on any atom is 0.241 e. The van der Waals surface area contributed by atoms with Crippen LogP contribution in [0.1, 0.15) is 6.42 Å². The Hall–Kier alpha value is -0.590. The van der Waals surface area contributed by atoms with Crippen LogP contribution in [-0.4, -0.2) is 24.0 Å². The van der Waals surface area contributed by atoms with E-state index in [1.165, 1.54) is 12.1 Å². The van der Waals surface area contributed by atoms with Crippen molar-refractivity contribution in [2.24, 2.45) is 5.73 Å². The number of rotatable bonds is 5. The van der Waals surface area contributed by atoms with Crippen LogP contribution in [0.5, 0.6) is 0 Å². The van der Waals surface area contributed by atoms with E-state index in [1.807, 2.05) is 6.26 Å². The maximum absolute atomic E-state index is 13.4. The molecule has 0 saturated heterocycles. The highest BCUT2D eigenvalue weighted by molar-refractivity contribution is 9.10. The molecule has 0 fully saturated rings. The monoisotopic (exact) mass is 320 g/mol. The first-order valence-corrected chi connectivity index (χ1v) is 7.23. The topological polar surface area (TPSA) is 55.1 Å². The molecule has 1 atom stereocenters. The average Bonchev–Trinajstić information content (AvgIpc) is 2.30. The number of amides is 1. The summed E-state index contributed by atoms with van der Waals surface area (Å²) in [5.74, 6) is -0.0371. The molecule has 0 aliphatic rings. The van der Waals surface area contributed by atoms with Gasteiger partial charge in [-0.3, -0.25) is 4.79 Å². The van der Waals surface area contributed by atoms with Crippen LogP contribution in [0.4, 0.5) is 10.1 Å². The zero-order valence-corrected chi connectivity index (χ0v) is 11.8. The molecule has 17 heavy (non-hydrogen) atoms. The van der Waals surface area contributed by atoms with Gasteiger partial charge in [0.05, 0.1) is 11.7 Å². The minimum absolute atomic E-state index is 0.143. The van der Waals surface area contributed by atoms with Crippen LogP contribution in [0.25, 0.3) is 0 Å². The fourth-order valence-corrected chi connectivity index (χ4v) is 2.05. The predicted molar refractivity (Wildman–Crippen MR) is 73.7 cm³/mol. The summed E-state index contributed by atoms with van der Waals surface area (Å²) in [6.45, 7) is 0. The lowest BCUT2D eigenvalue weighted by Crippen LogP contribution is -2.36. The van der Waals surface area contributed by atoms with Crippen molar-refractivity contribution >= 4 is 39.3 Å². The molecule has 6 heteroatoms. The minimum Gasteiger partial charge on any atom is -0.322 e. The highest BCUT2D eigenvalue weighted by Gasteiger charge is 2.14. The Kier molecular flexibility index (Phi) is 5.94. The number of carbonyl (C=O) groups excluding carboxylic acids is 1. The van der Waals surface area contributed by atoms with Gasteiger partial charge in [-0.2, -0.15) is 11.8 Å². The van der Waals surface area contributed by atoms with Gasteiger partial charge in [-0.15, -0.1) is 0 Å². The van der Waals surface area contributed by atoms with E-state index < -0.39 is 11.9 Å². The van der Waals surface area contributed by atoms with E-state index in [9.17, 15) is 9.18 Å². The first-order chi connectivity index (χ1) is 8.04. The molecule has 3 nitrogen and oxygen atoms in total. The average molecular weight is 321 g/mol. The fourth-order valence-electron chi connectivity index (χ4n) is 1.19. The van der Waals surface area contributed by atoms with E-state index in [4.69, 9.17) is 5.73 Å². The highest BCUT2D eigenvalue weighted by atomic mass is 79.9. The number of hydrogen-bond donors (Lipinski definition) is 2. The van der Waals surface area contributed by atoms with E-state index >= 15 is 0 Å². The largest absolute Gasteiger partial charge is 0.322 e. The second kappa shape index (κ2) is 6.98. The number of anilines is 1. The Morgan fingerprint density at radius 1 is 1.65 bits per heavy atom. The number of nitrogens with two attached hydrogens (primary N) is 1. The van der Waals surface area contributed by atoms with Gasteiger partial charge in [0.1, 0.15) is 5.82 Å². The van der Waals surface area contributed by atoms with Crippen LogP contribution in [0.15, 0.2) is 22.7 Å². The molecule has 0 saturated carbocycles. The van der Waals surface area contributed by atoms with Crippen molar-refractivity contribution in [1.29, 1.82) is 0 Å². The Labute approximate surface area is 112 Å². The van der Waals surface area contributed by atoms with E-state index in [0.717, 1.165) is 5.75 Å². The molecule has 1 aromatic rings. The summed E-state index contributed by atoms with van der Waals surface area (Å²) in [6.07, 6.45) is 2.52. The lowest BCUT2D eigenvalue weighted by atomic mass is 10.2. The van der Waals surface area contributed by atoms with Crippen molar-refractivity contribution in [3.05, 3.63) is 28.5 Å². The maximum atomic E-state index is 13.4. The van der Waals surface area contributed by atoms with Crippen molar-refractivity contribution < 1.29 is 9.18 Å². The number of halogens is 2. The molecule has 1 aromatic carbocycles. The van der Waals surface area contributed by atoms with Gasteiger partial charge < -0.3 is 11.1 Å². The zero-order chi connectivity index (χ0) is 12.8. The molecule has 0 aliphatic heterocycles. The summed E-state index contributed by atoms with van der Waals surface area (Å²) in [5, 5.41) is 2.48. The third-order valence-corrected chi connectivity index (χ3v) is 3.29. The minimum atomic E-state index is -0.610. The molecular formula is C11H14BrFN2OS. The third kappa shape index (κ3) is 4.65. The first-order valence-electron chi connectivity index (χ1n) is 5.05. The molecule has 0 unspecified atom stereocenters. The Morgan fingerprint density at radius 3 is 3.00 bits per heavy atom. The summed E-state index contributed by atoms with van der Waals surface area (Å²) < 4.78 is 14.1. The Bertz CT molecular complexity index is 403. The Morgan fingerprint density at radius 2 is 2.35 bits per heavy atom. The molecule has 0 heterocycles. The molecule has 0 radical (unpaired) electrons. The number of nitrogens with one attached hydrogen (secondary N) is 1. The van der Waals surface area contributed by atoms with E-state index in [2.05, 4.69) is 21.2 Å². The molecule has 1 rings (SSSR count). The van der Waals surface area contributed by atoms with Crippen molar-refractivity contribution in [3.8, 4) is 0 Å². The predicted octanol–water partition coefficient (Wildman–Crippen LogP) is 2.61. The van der Waals surface area contributed by atoms with Gasteiger partial charge in [0.25, 0.3) is 0 Å². The molecule has 1 amide bonds. The van der Waals surface area contributed by atoms with Crippen molar-refractivity contribution in [2.45, 2.75) is 12.5 Å². The summed E-state index contributed by atoms with van der Waals surface area (Å²) in [6, 6.07) is 3.75. The highest BCUT2D eigenvalue weighted by Crippen LogP contribution is 2.20. The quantitative estimate of drug-likeness (QED) is 0.876. The second-order valence-corrected chi connectivity index (χ2v) is 5.40. The molecule has 3 N–H and O–H groups in total. The number of carbonyl (C=O) groups is 1. The van der Waals surface area contributed by atoms with Crippen LogP contribution < -0.4 is 11.1 Å². The fraction of sp³-hybridized carbons (Fsp3) is 0.364. The third-order valence-electron chi connectivity index (χ3n) is 2.16. The van der Waals surface area contributed by atoms with E-state index in [0.29, 0.717) is 10.9 Å². The lowest BCUT2D eigenvalue weighted by Gasteiger charge is -2.12. The summed E-state index contributed by atoms with van der Waals surface area (Å²) in [7, 11) is 0. The van der Waals surface area contributed by atoms with E-state index in [-0.39, 0.29) is 11.6 Å². The molecule has 0 spiro atoms. The van der Waals surface area contributed by atoms with Gasteiger partial charge in [0, 0.05) is 4.47 Å². The van der Waals surface area contributed by atoms with Gasteiger partial charge in [0.2, 0.25) is 5.91 Å². The van der Waals surface area contributed by atoms with Crippen LogP contribution >= 0.6 is 27.7 Å². The standard InChI is InChI=1S/C11H14BrFN2OS/c1-17-5-4-9(14)11(16)15-10-6-7(12)2-3-8(10)13/h2-3,6,9H,4-5,14H2,1H3,(H,15,16)/t9-/m1/s1. The van der Waals surface area contributed by atoms with Gasteiger partial charge >= 0.3 is 0 Å². The number of benzene rings is 1. The molecule has 94 valence electrons. The van der Waals surface area contributed by atoms with Gasteiger partial charge in [-0.25, -0.2) is 4.39 Å². The van der Waals surface area contributed by atoms with Crippen LogP contribution in [0, 0.1) is 5.82 Å². The SMILES string of the molecule is CSCC[C@@H](N)C(=O)Nc1cc(Br)ccc1F. The van der Waals surface area contributed by atoms with Crippen LogP contribution in [0.3, 0.4) is 0 Å². The first kappa shape index (κ1) is 14.5. The van der Waals surface area contributed by atoms with Crippen molar-refractivity contribution in [3.63, 3.8) is 0 Å². The molecule has 0 bridgehead atoms. The zero-order valence-electron chi connectivity index (χ0n) is 9.37. The Balaban J connectivity index is 2.64. The normalized spacial score (nSPS) is 12.2. The van der Waals surface area contributed by atoms with Crippen molar-refractivity contribution in [1.82, 2.24) is 0 Å². The summed E-state index contributed by atoms with van der Waals surface area (Å²) >= 11 is 4.83. The van der Waals surface area contributed by atoms with Crippen LogP contribution in [-0.2, 0) is 4.79 Å².